The van der Waals surface area contributed by atoms with E-state index in [1.54, 1.807) is 31.4 Å². The van der Waals surface area contributed by atoms with Crippen LogP contribution in [0.3, 0.4) is 0 Å². The van der Waals surface area contributed by atoms with Crippen LogP contribution in [-0.2, 0) is 4.79 Å². The van der Waals surface area contributed by atoms with Crippen LogP contribution in [0.15, 0.2) is 23.5 Å². The molecule has 1 aromatic rings. The number of guanidine groups is 1. The molecule has 1 fully saturated rings. The molecule has 2 N–H and O–H groups in total. The third kappa shape index (κ3) is 8.55. The Morgan fingerprint density at radius 1 is 1.18 bits per heavy atom. The number of halogens is 1. The molecule has 0 spiro atoms. The molecule has 0 bridgehead atoms. The van der Waals surface area contributed by atoms with Crippen molar-refractivity contribution in [3.8, 4) is 0 Å². The van der Waals surface area contributed by atoms with Crippen molar-refractivity contribution in [3.63, 3.8) is 0 Å². The Labute approximate surface area is 185 Å². The van der Waals surface area contributed by atoms with Crippen LogP contribution in [0.2, 0.25) is 0 Å². The highest BCUT2D eigenvalue weighted by Gasteiger charge is 2.18. The highest BCUT2D eigenvalue weighted by Crippen LogP contribution is 2.09. The molecule has 1 aliphatic rings. The van der Waals surface area contributed by atoms with Crippen LogP contribution in [0.25, 0.3) is 0 Å². The fourth-order valence-corrected chi connectivity index (χ4v) is 2.77. The standard InChI is InChI=1S/C18H32N8O.HI/c1-4-19-17(23-15-16(27)24(2)3)20-9-6-10-25-11-13-26(14-12-25)18-21-7-5-8-22-18;/h5,7-8H,4,6,9-15H2,1-3H3,(H2,19,20,23);1H. The number of aromatic nitrogens is 2. The highest BCUT2D eigenvalue weighted by molar-refractivity contribution is 14.0. The molecular weight excluding hydrogens is 471 g/mol. The minimum Gasteiger partial charge on any atom is -0.357 e. The minimum atomic E-state index is -0.00697. The van der Waals surface area contributed by atoms with Crippen LogP contribution in [0.4, 0.5) is 5.95 Å². The number of aliphatic imine (C=N–C) groups is 1. The summed E-state index contributed by atoms with van der Waals surface area (Å²) in [7, 11) is 3.48. The number of nitrogens with one attached hydrogen (secondary N) is 2. The Bertz CT molecular complexity index is 591. The van der Waals surface area contributed by atoms with Gasteiger partial charge in [0.15, 0.2) is 5.96 Å². The van der Waals surface area contributed by atoms with Gasteiger partial charge in [0.05, 0.1) is 0 Å². The van der Waals surface area contributed by atoms with Gasteiger partial charge in [-0.05, 0) is 26.0 Å². The number of nitrogens with zero attached hydrogens (tertiary/aromatic N) is 6. The molecule has 0 unspecified atom stereocenters. The Morgan fingerprint density at radius 3 is 2.46 bits per heavy atom. The maximum Gasteiger partial charge on any atom is 0.243 e. The first-order chi connectivity index (χ1) is 13.1. The molecule has 1 amide bonds. The number of piperazine rings is 1. The predicted octanol–water partition coefficient (Wildman–Crippen LogP) is 0.250. The van der Waals surface area contributed by atoms with Gasteiger partial charge in [-0.25, -0.2) is 15.0 Å². The number of hydrogen-bond donors (Lipinski definition) is 2. The van der Waals surface area contributed by atoms with E-state index in [4.69, 9.17) is 0 Å². The van der Waals surface area contributed by atoms with Gasteiger partial charge in [0.25, 0.3) is 0 Å². The van der Waals surface area contributed by atoms with Crippen LogP contribution in [0.1, 0.15) is 13.3 Å². The quantitative estimate of drug-likeness (QED) is 0.227. The van der Waals surface area contributed by atoms with Crippen LogP contribution >= 0.6 is 24.0 Å². The average Bonchev–Trinajstić information content (AvgIpc) is 2.70. The van der Waals surface area contributed by atoms with Gasteiger partial charge in [-0.2, -0.15) is 0 Å². The van der Waals surface area contributed by atoms with Crippen LogP contribution < -0.4 is 15.5 Å². The first kappa shape index (κ1) is 24.3. The maximum absolute atomic E-state index is 11.7. The molecule has 0 aromatic carbocycles. The number of carbonyl (C=O) groups excluding carboxylic acids is 1. The lowest BCUT2D eigenvalue weighted by Gasteiger charge is -2.34. The lowest BCUT2D eigenvalue weighted by atomic mass is 10.3. The second kappa shape index (κ2) is 13.5. The summed E-state index contributed by atoms with van der Waals surface area (Å²) in [5.41, 5.74) is 0. The summed E-state index contributed by atoms with van der Waals surface area (Å²) in [6.45, 7) is 8.74. The maximum atomic E-state index is 11.7. The SMILES string of the molecule is CCNC(=NCC(=O)N(C)C)NCCCN1CCN(c2ncccn2)CC1.I. The molecule has 1 saturated heterocycles. The molecule has 2 rings (SSSR count). The van der Waals surface area contributed by atoms with Crippen molar-refractivity contribution >= 4 is 41.8 Å². The topological polar surface area (TPSA) is 89.0 Å². The molecule has 2 heterocycles. The monoisotopic (exact) mass is 504 g/mol. The minimum absolute atomic E-state index is 0. The van der Waals surface area contributed by atoms with E-state index in [0.29, 0.717) is 5.96 Å². The molecular formula is C18H33IN8O. The van der Waals surface area contributed by atoms with Crippen LogP contribution in [0, 0.1) is 0 Å². The lowest BCUT2D eigenvalue weighted by molar-refractivity contribution is -0.127. The van der Waals surface area contributed by atoms with Crippen molar-refractivity contribution in [2.24, 2.45) is 4.99 Å². The van der Waals surface area contributed by atoms with E-state index in [1.807, 2.05) is 13.0 Å². The van der Waals surface area contributed by atoms with Crippen molar-refractivity contribution in [1.29, 1.82) is 0 Å². The highest BCUT2D eigenvalue weighted by atomic mass is 127. The van der Waals surface area contributed by atoms with E-state index in [-0.39, 0.29) is 36.4 Å². The van der Waals surface area contributed by atoms with E-state index in [9.17, 15) is 4.79 Å². The third-order valence-electron chi connectivity index (χ3n) is 4.37. The summed E-state index contributed by atoms with van der Waals surface area (Å²) in [4.78, 5) is 30.9. The van der Waals surface area contributed by atoms with Gasteiger partial charge in [0.1, 0.15) is 6.54 Å². The number of rotatable bonds is 8. The molecule has 9 nitrogen and oxygen atoms in total. The van der Waals surface area contributed by atoms with E-state index in [0.717, 1.165) is 58.2 Å². The van der Waals surface area contributed by atoms with Crippen LogP contribution in [0.5, 0.6) is 0 Å². The second-order valence-electron chi connectivity index (χ2n) is 6.64. The van der Waals surface area contributed by atoms with Gasteiger partial charge >= 0.3 is 0 Å². The van der Waals surface area contributed by atoms with Gasteiger partial charge in [-0.1, -0.05) is 0 Å². The van der Waals surface area contributed by atoms with Crippen molar-refractivity contribution < 1.29 is 4.79 Å². The molecule has 10 heteroatoms. The zero-order valence-electron chi connectivity index (χ0n) is 17.1. The Hall–Kier alpha value is -1.69. The first-order valence-electron chi connectivity index (χ1n) is 9.56. The lowest BCUT2D eigenvalue weighted by Crippen LogP contribution is -2.47. The van der Waals surface area contributed by atoms with Crippen molar-refractivity contribution in [3.05, 3.63) is 18.5 Å². The zero-order chi connectivity index (χ0) is 19.5. The van der Waals surface area contributed by atoms with Gasteiger partial charge < -0.3 is 20.4 Å². The molecule has 0 saturated carbocycles. The molecule has 0 atom stereocenters. The summed E-state index contributed by atoms with van der Waals surface area (Å²) in [6.07, 6.45) is 4.60. The molecule has 1 aromatic heterocycles. The average molecular weight is 504 g/mol. The Kier molecular flexibility index (Phi) is 11.7. The largest absolute Gasteiger partial charge is 0.357 e. The summed E-state index contributed by atoms with van der Waals surface area (Å²) in [5.74, 6) is 1.50. The van der Waals surface area contributed by atoms with E-state index in [2.05, 4.69) is 35.4 Å². The molecule has 1 aliphatic heterocycles. The van der Waals surface area contributed by atoms with Crippen LogP contribution in [-0.4, -0.2) is 98.1 Å². The van der Waals surface area contributed by atoms with Crippen molar-refractivity contribution in [2.45, 2.75) is 13.3 Å². The van der Waals surface area contributed by atoms with Gasteiger partial charge in [-0.15, -0.1) is 24.0 Å². The second-order valence-corrected chi connectivity index (χ2v) is 6.64. The Morgan fingerprint density at radius 2 is 1.86 bits per heavy atom. The molecule has 0 radical (unpaired) electrons. The summed E-state index contributed by atoms with van der Waals surface area (Å²) in [5, 5.41) is 6.47. The number of likely N-dealkylation sites (N-methyl/N-ethyl adjacent to an activating group) is 1. The normalized spacial score (nSPS) is 15.0. The molecule has 0 aliphatic carbocycles. The summed E-state index contributed by atoms with van der Waals surface area (Å²) in [6, 6.07) is 1.84. The van der Waals surface area contributed by atoms with Crippen molar-refractivity contribution in [2.75, 3.05) is 71.4 Å². The Balaban J connectivity index is 0.00000392. The zero-order valence-corrected chi connectivity index (χ0v) is 19.4. The third-order valence-corrected chi connectivity index (χ3v) is 4.37. The fourth-order valence-electron chi connectivity index (χ4n) is 2.77. The number of hydrogen-bond acceptors (Lipinski definition) is 6. The van der Waals surface area contributed by atoms with E-state index >= 15 is 0 Å². The molecule has 28 heavy (non-hydrogen) atoms. The number of anilines is 1. The predicted molar refractivity (Wildman–Crippen MR) is 123 cm³/mol. The fraction of sp³-hybridized carbons (Fsp3) is 0.667. The van der Waals surface area contributed by atoms with Crippen molar-refractivity contribution in [1.82, 2.24) is 30.4 Å². The van der Waals surface area contributed by atoms with Gasteiger partial charge in [0.2, 0.25) is 11.9 Å². The smallest absolute Gasteiger partial charge is 0.243 e. The summed E-state index contributed by atoms with van der Waals surface area (Å²) < 4.78 is 0. The summed E-state index contributed by atoms with van der Waals surface area (Å²) >= 11 is 0. The first-order valence-corrected chi connectivity index (χ1v) is 9.56. The van der Waals surface area contributed by atoms with E-state index < -0.39 is 0 Å². The number of carbonyl (C=O) groups is 1. The van der Waals surface area contributed by atoms with Gasteiger partial charge in [-0.3, -0.25) is 9.69 Å². The van der Waals surface area contributed by atoms with E-state index in [1.165, 1.54) is 0 Å². The molecule has 158 valence electrons. The van der Waals surface area contributed by atoms with Gasteiger partial charge in [0, 0.05) is 65.8 Å². The number of amides is 1.